The summed E-state index contributed by atoms with van der Waals surface area (Å²) in [5, 5.41) is 0. The molecular weight excluding hydrogens is 512 g/mol. The maximum atomic E-state index is 14.0. The van der Waals surface area contributed by atoms with Crippen LogP contribution in [0.1, 0.15) is 46.6 Å². The van der Waals surface area contributed by atoms with Gasteiger partial charge < -0.3 is 30.4 Å². The number of primary amides is 2. The molecule has 13 heteroatoms. The monoisotopic (exact) mass is 550 g/mol. The van der Waals surface area contributed by atoms with Crippen molar-refractivity contribution in [1.82, 2.24) is 9.80 Å². The predicted molar refractivity (Wildman–Crippen MR) is 138 cm³/mol. The van der Waals surface area contributed by atoms with Crippen LogP contribution in [-0.2, 0) is 34.0 Å². The smallest absolute Gasteiger partial charge is 0.404 e. The third-order valence-corrected chi connectivity index (χ3v) is 6.05. The highest BCUT2D eigenvalue weighted by atomic mass is 16.6. The Balaban J connectivity index is 2.57. The first-order valence-electron chi connectivity index (χ1n) is 12.7. The van der Waals surface area contributed by atoms with E-state index in [2.05, 4.69) is 0 Å². The van der Waals surface area contributed by atoms with E-state index in [4.69, 9.17) is 30.4 Å². The Morgan fingerprint density at radius 1 is 0.795 bits per heavy atom. The molecule has 1 aromatic rings. The normalized spacial score (nSPS) is 19.4. The number of ether oxygens (including phenoxy) is 4. The lowest BCUT2D eigenvalue weighted by molar-refractivity contribution is -0.155. The zero-order valence-corrected chi connectivity index (χ0v) is 23.0. The molecule has 6 amide bonds. The second-order valence-electron chi connectivity index (χ2n) is 9.62. The lowest BCUT2D eigenvalue weighted by Gasteiger charge is -2.45. The van der Waals surface area contributed by atoms with Crippen molar-refractivity contribution in [1.29, 1.82) is 0 Å². The Hall–Kier alpha value is -3.71. The Kier molecular flexibility index (Phi) is 11.2. The van der Waals surface area contributed by atoms with Gasteiger partial charge in [-0.05, 0) is 39.7 Å². The molecule has 39 heavy (non-hydrogen) atoms. The van der Waals surface area contributed by atoms with Gasteiger partial charge in [0.15, 0.2) is 5.41 Å². The van der Waals surface area contributed by atoms with Crippen LogP contribution in [0.3, 0.4) is 0 Å². The van der Waals surface area contributed by atoms with Crippen molar-refractivity contribution in [3.63, 3.8) is 0 Å². The molecule has 1 fully saturated rings. The number of hydrogen-bond donors (Lipinski definition) is 2. The number of carbonyl (C=O) groups excluding carboxylic acids is 5. The maximum absolute atomic E-state index is 14.0. The number of nitrogens with two attached hydrogens (primary N) is 2. The molecule has 2 unspecified atom stereocenters. The predicted octanol–water partition coefficient (Wildman–Crippen LogP) is 1.90. The molecule has 13 nitrogen and oxygen atoms in total. The van der Waals surface area contributed by atoms with Gasteiger partial charge in [0.2, 0.25) is 0 Å². The number of imide groups is 2. The van der Waals surface area contributed by atoms with E-state index in [1.165, 1.54) is 0 Å². The van der Waals surface area contributed by atoms with Gasteiger partial charge in [-0.25, -0.2) is 14.4 Å². The van der Waals surface area contributed by atoms with E-state index >= 15 is 0 Å². The molecular formula is C26H38N4O9. The van der Waals surface area contributed by atoms with Crippen LogP contribution in [0.4, 0.5) is 14.4 Å². The highest BCUT2D eigenvalue weighted by molar-refractivity contribution is 6.22. The molecule has 1 aliphatic rings. The molecule has 2 atom stereocenters. The quantitative estimate of drug-likeness (QED) is 0.327. The SMILES string of the molecule is CCC1(c2ccccc2)C(=O)N(CC(COC(C)C)OC(N)=O)C(=O)N(CC(COC(C)C)OC(N)=O)C1=O. The van der Waals surface area contributed by atoms with Gasteiger partial charge in [-0.2, -0.15) is 0 Å². The molecule has 216 valence electrons. The minimum Gasteiger partial charge on any atom is -0.442 e. The summed E-state index contributed by atoms with van der Waals surface area (Å²) in [6.45, 7) is 7.49. The molecule has 0 spiro atoms. The second kappa shape index (κ2) is 13.9. The minimum atomic E-state index is -1.79. The average Bonchev–Trinajstić information content (AvgIpc) is 2.86. The summed E-state index contributed by atoms with van der Waals surface area (Å²) in [7, 11) is 0. The van der Waals surface area contributed by atoms with Crippen molar-refractivity contribution in [2.45, 2.75) is 70.9 Å². The van der Waals surface area contributed by atoms with E-state index in [0.717, 1.165) is 9.80 Å². The largest absolute Gasteiger partial charge is 0.442 e. The summed E-state index contributed by atoms with van der Waals surface area (Å²) < 4.78 is 21.3. The molecule has 4 N–H and O–H groups in total. The molecule has 0 aliphatic carbocycles. The Morgan fingerprint density at radius 2 is 1.21 bits per heavy atom. The number of benzene rings is 1. The number of carbonyl (C=O) groups is 5. The third-order valence-electron chi connectivity index (χ3n) is 6.05. The van der Waals surface area contributed by atoms with Crippen molar-refractivity contribution < 1.29 is 42.9 Å². The fourth-order valence-electron chi connectivity index (χ4n) is 4.25. The van der Waals surface area contributed by atoms with Crippen molar-refractivity contribution in [2.75, 3.05) is 26.3 Å². The number of amides is 6. The van der Waals surface area contributed by atoms with Crippen molar-refractivity contribution in [3.05, 3.63) is 35.9 Å². The van der Waals surface area contributed by atoms with Crippen LogP contribution in [0, 0.1) is 0 Å². The molecule has 1 saturated heterocycles. The third kappa shape index (κ3) is 7.90. The van der Waals surface area contributed by atoms with Gasteiger partial charge in [-0.3, -0.25) is 19.4 Å². The van der Waals surface area contributed by atoms with Crippen molar-refractivity contribution in [2.24, 2.45) is 11.5 Å². The van der Waals surface area contributed by atoms with Crippen LogP contribution in [0.15, 0.2) is 30.3 Å². The van der Waals surface area contributed by atoms with E-state index in [0.29, 0.717) is 5.56 Å². The van der Waals surface area contributed by atoms with E-state index < -0.39 is 60.7 Å². The van der Waals surface area contributed by atoms with Crippen LogP contribution >= 0.6 is 0 Å². The van der Waals surface area contributed by atoms with E-state index in [1.54, 1.807) is 65.0 Å². The fourth-order valence-corrected chi connectivity index (χ4v) is 4.25. The van der Waals surface area contributed by atoms with Gasteiger partial charge in [0.25, 0.3) is 11.8 Å². The molecule has 1 heterocycles. The van der Waals surface area contributed by atoms with Crippen LogP contribution in [-0.4, -0.2) is 90.6 Å². The first kappa shape index (κ1) is 31.5. The molecule has 0 aromatic heterocycles. The lowest BCUT2D eigenvalue weighted by atomic mass is 9.74. The summed E-state index contributed by atoms with van der Waals surface area (Å²) in [6.07, 6.45) is -4.96. The number of nitrogens with zero attached hydrogens (tertiary/aromatic N) is 2. The van der Waals surface area contributed by atoms with Crippen LogP contribution in [0.5, 0.6) is 0 Å². The molecule has 0 radical (unpaired) electrons. The van der Waals surface area contributed by atoms with Gasteiger partial charge in [0.1, 0.15) is 12.2 Å². The first-order valence-corrected chi connectivity index (χ1v) is 12.7. The highest BCUT2D eigenvalue weighted by Gasteiger charge is 2.58. The van der Waals surface area contributed by atoms with Crippen LogP contribution < -0.4 is 11.5 Å². The van der Waals surface area contributed by atoms with Gasteiger partial charge in [-0.15, -0.1) is 0 Å². The summed E-state index contributed by atoms with van der Waals surface area (Å²) in [5.74, 6) is -1.59. The Morgan fingerprint density at radius 3 is 1.54 bits per heavy atom. The van der Waals surface area contributed by atoms with E-state index in [-0.39, 0.29) is 31.8 Å². The van der Waals surface area contributed by atoms with Crippen LogP contribution in [0.25, 0.3) is 0 Å². The Labute approximate surface area is 227 Å². The zero-order chi connectivity index (χ0) is 29.3. The summed E-state index contributed by atoms with van der Waals surface area (Å²) >= 11 is 0. The van der Waals surface area contributed by atoms with E-state index in [9.17, 15) is 24.0 Å². The minimum absolute atomic E-state index is 0.00261. The summed E-state index contributed by atoms with van der Waals surface area (Å²) in [4.78, 5) is 66.5. The maximum Gasteiger partial charge on any atom is 0.404 e. The fraction of sp³-hybridized carbons (Fsp3) is 0.577. The van der Waals surface area contributed by atoms with Crippen LogP contribution in [0.2, 0.25) is 0 Å². The van der Waals surface area contributed by atoms with Crippen molar-refractivity contribution >= 4 is 30.0 Å². The van der Waals surface area contributed by atoms with Gasteiger partial charge in [0, 0.05) is 0 Å². The molecule has 0 bridgehead atoms. The molecule has 2 rings (SSSR count). The zero-order valence-electron chi connectivity index (χ0n) is 23.0. The van der Waals surface area contributed by atoms with Gasteiger partial charge in [0.05, 0.1) is 38.5 Å². The summed E-state index contributed by atoms with van der Waals surface area (Å²) in [5.41, 5.74) is 9.01. The molecule has 0 saturated carbocycles. The number of hydrogen-bond acceptors (Lipinski definition) is 9. The number of barbiturate groups is 1. The standard InChI is InChI=1S/C26H38N4O9/c1-6-26(18-10-8-7-9-11-18)21(31)29(12-19(38-23(27)33)14-36-16(2)3)25(35)30(22(26)32)13-20(39-24(28)34)15-37-17(4)5/h7-11,16-17,19-20H,6,12-15H2,1-5H3,(H2,27,33)(H2,28,34). The Bertz CT molecular complexity index is 976. The highest BCUT2D eigenvalue weighted by Crippen LogP contribution is 2.37. The second-order valence-corrected chi connectivity index (χ2v) is 9.62. The first-order chi connectivity index (χ1) is 18.3. The molecule has 1 aliphatic heterocycles. The van der Waals surface area contributed by atoms with Gasteiger partial charge in [-0.1, -0.05) is 37.3 Å². The topological polar surface area (TPSA) is 181 Å². The summed E-state index contributed by atoms with van der Waals surface area (Å²) in [6, 6.07) is 7.31. The number of urea groups is 1. The van der Waals surface area contributed by atoms with Gasteiger partial charge >= 0.3 is 18.2 Å². The van der Waals surface area contributed by atoms with Crippen molar-refractivity contribution in [3.8, 4) is 0 Å². The number of rotatable bonds is 14. The molecule has 1 aromatic carbocycles. The van der Waals surface area contributed by atoms with E-state index in [1.807, 2.05) is 0 Å². The average molecular weight is 551 g/mol. The lowest BCUT2D eigenvalue weighted by Crippen LogP contribution is -2.69.